The first kappa shape index (κ1) is 19.0. The third-order valence-electron chi connectivity index (χ3n) is 6.30. The Labute approximate surface area is 167 Å². The summed E-state index contributed by atoms with van der Waals surface area (Å²) in [6.07, 6.45) is 4.62. The van der Waals surface area contributed by atoms with Gasteiger partial charge in [-0.1, -0.05) is 48.9 Å². The standard InChI is InChI=1S/C24H29ClO2/c1-16-4-5-19(18-6-9-21(25)10-7-18)15-23(16)22-11-8-20(14-17(22)2)24-26-12-3-13-27-24/h4-7,9-10,15,17,20,22,24H,3,8,11-14H2,1-2H3. The summed E-state index contributed by atoms with van der Waals surface area (Å²) in [6.45, 7) is 6.34. The number of ether oxygens (including phenoxy) is 2. The summed E-state index contributed by atoms with van der Waals surface area (Å²) in [6, 6.07) is 15.0. The van der Waals surface area contributed by atoms with Crippen molar-refractivity contribution in [2.45, 2.75) is 51.7 Å². The third kappa shape index (κ3) is 4.23. The molecule has 2 aliphatic rings. The fourth-order valence-corrected chi connectivity index (χ4v) is 4.91. The molecular weight excluding hydrogens is 356 g/mol. The Morgan fingerprint density at radius 3 is 2.33 bits per heavy atom. The van der Waals surface area contributed by atoms with Crippen LogP contribution >= 0.6 is 11.6 Å². The Balaban J connectivity index is 1.52. The largest absolute Gasteiger partial charge is 0.352 e. The van der Waals surface area contributed by atoms with Gasteiger partial charge in [0, 0.05) is 10.9 Å². The van der Waals surface area contributed by atoms with Gasteiger partial charge < -0.3 is 9.47 Å². The first-order chi connectivity index (χ1) is 13.1. The van der Waals surface area contributed by atoms with E-state index < -0.39 is 0 Å². The number of hydrogen-bond acceptors (Lipinski definition) is 2. The molecule has 27 heavy (non-hydrogen) atoms. The summed E-state index contributed by atoms with van der Waals surface area (Å²) in [4.78, 5) is 0. The minimum atomic E-state index is 0.0173. The zero-order valence-corrected chi connectivity index (χ0v) is 17.0. The summed E-state index contributed by atoms with van der Waals surface area (Å²) in [5.74, 6) is 1.78. The molecule has 1 saturated heterocycles. The number of halogens is 1. The molecule has 144 valence electrons. The Morgan fingerprint density at radius 1 is 0.926 bits per heavy atom. The highest BCUT2D eigenvalue weighted by atomic mass is 35.5. The maximum Gasteiger partial charge on any atom is 0.160 e. The van der Waals surface area contributed by atoms with Crippen molar-refractivity contribution in [2.24, 2.45) is 11.8 Å². The molecule has 2 fully saturated rings. The van der Waals surface area contributed by atoms with Crippen LogP contribution in [0, 0.1) is 18.8 Å². The van der Waals surface area contributed by atoms with Crippen molar-refractivity contribution in [3.8, 4) is 11.1 Å². The van der Waals surface area contributed by atoms with E-state index in [1.54, 1.807) is 0 Å². The van der Waals surface area contributed by atoms with Crippen LogP contribution in [-0.4, -0.2) is 19.5 Å². The van der Waals surface area contributed by atoms with E-state index in [4.69, 9.17) is 21.1 Å². The Morgan fingerprint density at radius 2 is 1.63 bits per heavy atom. The highest BCUT2D eigenvalue weighted by molar-refractivity contribution is 6.30. The smallest absolute Gasteiger partial charge is 0.160 e. The molecule has 0 N–H and O–H groups in total. The van der Waals surface area contributed by atoms with Gasteiger partial charge in [-0.2, -0.15) is 0 Å². The molecule has 0 spiro atoms. The summed E-state index contributed by atoms with van der Waals surface area (Å²) in [5, 5.41) is 0.783. The van der Waals surface area contributed by atoms with E-state index in [-0.39, 0.29) is 6.29 Å². The molecule has 0 aromatic heterocycles. The fraction of sp³-hybridized carbons (Fsp3) is 0.500. The molecular formula is C24H29ClO2. The highest BCUT2D eigenvalue weighted by Gasteiger charge is 2.35. The lowest BCUT2D eigenvalue weighted by atomic mass is 9.70. The Hall–Kier alpha value is -1.35. The fourth-order valence-electron chi connectivity index (χ4n) is 4.79. The summed E-state index contributed by atoms with van der Waals surface area (Å²) >= 11 is 6.05. The second kappa shape index (κ2) is 8.34. The lowest BCUT2D eigenvalue weighted by molar-refractivity contribution is -0.211. The molecule has 3 heteroatoms. The van der Waals surface area contributed by atoms with E-state index in [2.05, 4.69) is 44.2 Å². The van der Waals surface area contributed by atoms with Gasteiger partial charge in [0.05, 0.1) is 13.2 Å². The number of aryl methyl sites for hydroxylation is 1. The molecule has 1 saturated carbocycles. The molecule has 2 aromatic rings. The van der Waals surface area contributed by atoms with Gasteiger partial charge >= 0.3 is 0 Å². The van der Waals surface area contributed by atoms with Crippen LogP contribution in [0.5, 0.6) is 0 Å². The number of rotatable bonds is 3. The van der Waals surface area contributed by atoms with Gasteiger partial charge in [0.15, 0.2) is 6.29 Å². The molecule has 1 aliphatic carbocycles. The predicted molar refractivity (Wildman–Crippen MR) is 111 cm³/mol. The zero-order chi connectivity index (χ0) is 18.8. The van der Waals surface area contributed by atoms with Crippen LogP contribution in [0.15, 0.2) is 42.5 Å². The lowest BCUT2D eigenvalue weighted by Crippen LogP contribution is -2.36. The molecule has 0 radical (unpaired) electrons. The Bertz CT molecular complexity index is 764. The van der Waals surface area contributed by atoms with Crippen LogP contribution in [0.1, 0.15) is 49.7 Å². The van der Waals surface area contributed by atoms with Crippen LogP contribution in [-0.2, 0) is 9.47 Å². The van der Waals surface area contributed by atoms with Gasteiger partial charge in [-0.3, -0.25) is 0 Å². The minimum Gasteiger partial charge on any atom is -0.352 e. The van der Waals surface area contributed by atoms with Gasteiger partial charge in [0.2, 0.25) is 0 Å². The quantitative estimate of drug-likeness (QED) is 0.593. The SMILES string of the molecule is Cc1ccc(-c2ccc(Cl)cc2)cc1C1CCC(C2OCCCO2)CC1C. The van der Waals surface area contributed by atoms with E-state index in [9.17, 15) is 0 Å². The molecule has 1 heterocycles. The van der Waals surface area contributed by atoms with Crippen molar-refractivity contribution >= 4 is 11.6 Å². The molecule has 1 aliphatic heterocycles. The molecule has 0 amide bonds. The monoisotopic (exact) mass is 384 g/mol. The first-order valence-electron chi connectivity index (χ1n) is 10.2. The Kier molecular flexibility index (Phi) is 5.87. The van der Waals surface area contributed by atoms with Crippen molar-refractivity contribution in [1.82, 2.24) is 0 Å². The molecule has 0 bridgehead atoms. The van der Waals surface area contributed by atoms with Crippen LogP contribution in [0.25, 0.3) is 11.1 Å². The van der Waals surface area contributed by atoms with E-state index in [0.29, 0.717) is 17.8 Å². The number of benzene rings is 2. The third-order valence-corrected chi connectivity index (χ3v) is 6.56. The van der Waals surface area contributed by atoms with Gasteiger partial charge in [0.1, 0.15) is 0 Å². The van der Waals surface area contributed by atoms with Crippen molar-refractivity contribution in [3.63, 3.8) is 0 Å². The van der Waals surface area contributed by atoms with E-state index in [1.165, 1.54) is 41.5 Å². The van der Waals surface area contributed by atoms with E-state index in [0.717, 1.165) is 24.7 Å². The topological polar surface area (TPSA) is 18.5 Å². The second-order valence-electron chi connectivity index (χ2n) is 8.20. The van der Waals surface area contributed by atoms with E-state index in [1.807, 2.05) is 12.1 Å². The van der Waals surface area contributed by atoms with Crippen LogP contribution < -0.4 is 0 Å². The molecule has 3 unspecified atom stereocenters. The summed E-state index contributed by atoms with van der Waals surface area (Å²) < 4.78 is 11.8. The zero-order valence-electron chi connectivity index (χ0n) is 16.3. The highest BCUT2D eigenvalue weighted by Crippen LogP contribution is 2.44. The average Bonchev–Trinajstić information content (AvgIpc) is 2.70. The second-order valence-corrected chi connectivity index (χ2v) is 8.64. The average molecular weight is 385 g/mol. The normalized spacial score (nSPS) is 26.9. The first-order valence-corrected chi connectivity index (χ1v) is 10.6. The minimum absolute atomic E-state index is 0.0173. The molecule has 4 rings (SSSR count). The maximum absolute atomic E-state index is 6.05. The van der Waals surface area contributed by atoms with Crippen molar-refractivity contribution < 1.29 is 9.47 Å². The van der Waals surface area contributed by atoms with Crippen LogP contribution in [0.3, 0.4) is 0 Å². The number of hydrogen-bond donors (Lipinski definition) is 0. The van der Waals surface area contributed by atoms with Gasteiger partial charge in [-0.05, 0) is 78.8 Å². The van der Waals surface area contributed by atoms with Gasteiger partial charge in [0.25, 0.3) is 0 Å². The van der Waals surface area contributed by atoms with Crippen LogP contribution in [0.2, 0.25) is 5.02 Å². The predicted octanol–water partition coefficient (Wildman–Crippen LogP) is 6.60. The van der Waals surface area contributed by atoms with Crippen LogP contribution in [0.4, 0.5) is 0 Å². The molecule has 2 aromatic carbocycles. The molecule has 2 nitrogen and oxygen atoms in total. The van der Waals surface area contributed by atoms with E-state index >= 15 is 0 Å². The summed E-state index contributed by atoms with van der Waals surface area (Å²) in [5.41, 5.74) is 5.40. The molecule has 3 atom stereocenters. The van der Waals surface area contributed by atoms with Crippen molar-refractivity contribution in [1.29, 1.82) is 0 Å². The maximum atomic E-state index is 6.05. The van der Waals surface area contributed by atoms with Gasteiger partial charge in [-0.25, -0.2) is 0 Å². The van der Waals surface area contributed by atoms with Gasteiger partial charge in [-0.15, -0.1) is 0 Å². The lowest BCUT2D eigenvalue weighted by Gasteiger charge is -2.39. The summed E-state index contributed by atoms with van der Waals surface area (Å²) in [7, 11) is 0. The van der Waals surface area contributed by atoms with Crippen molar-refractivity contribution in [3.05, 3.63) is 58.6 Å². The van der Waals surface area contributed by atoms with Crippen molar-refractivity contribution in [2.75, 3.05) is 13.2 Å².